The van der Waals surface area contributed by atoms with Gasteiger partial charge < -0.3 is 4.57 Å². The van der Waals surface area contributed by atoms with Crippen molar-refractivity contribution in [2.24, 2.45) is 4.99 Å². The van der Waals surface area contributed by atoms with Crippen LogP contribution in [0.15, 0.2) is 59.6 Å². The Kier molecular flexibility index (Phi) is 4.61. The van der Waals surface area contributed by atoms with Gasteiger partial charge in [0.05, 0.1) is 5.69 Å². The van der Waals surface area contributed by atoms with Gasteiger partial charge in [0.15, 0.2) is 0 Å². The lowest BCUT2D eigenvalue weighted by atomic mass is 10.2. The lowest BCUT2D eigenvalue weighted by molar-refractivity contribution is 0.627. The second-order valence-electron chi connectivity index (χ2n) is 5.38. The summed E-state index contributed by atoms with van der Waals surface area (Å²) in [5.41, 5.74) is 5.13. The quantitative estimate of drug-likeness (QED) is 0.390. The molecular weight excluding hydrogens is 402 g/mol. The summed E-state index contributed by atoms with van der Waals surface area (Å²) in [6.07, 6.45) is 1.88. The van der Waals surface area contributed by atoms with Gasteiger partial charge in [0.25, 0.3) is 0 Å². The second-order valence-corrected chi connectivity index (χ2v) is 6.62. The second kappa shape index (κ2) is 6.66. The zero-order valence-corrected chi connectivity index (χ0v) is 15.1. The fourth-order valence-electron chi connectivity index (χ4n) is 2.61. The van der Waals surface area contributed by atoms with Crippen molar-refractivity contribution in [3.8, 4) is 5.69 Å². The van der Waals surface area contributed by atoms with Crippen molar-refractivity contribution >= 4 is 34.5 Å². The van der Waals surface area contributed by atoms with Gasteiger partial charge in [-0.2, -0.15) is 0 Å². The van der Waals surface area contributed by atoms with E-state index in [4.69, 9.17) is 0 Å². The number of benzene rings is 2. The highest BCUT2D eigenvalue weighted by atomic mass is 127. The molecule has 0 unspecified atom stereocenters. The van der Waals surface area contributed by atoms with Crippen LogP contribution in [0.1, 0.15) is 17.0 Å². The van der Waals surface area contributed by atoms with Gasteiger partial charge in [-0.3, -0.25) is 4.99 Å². The smallest absolute Gasteiger partial charge is 0.123 e. The summed E-state index contributed by atoms with van der Waals surface area (Å²) < 4.78 is 16.4. The lowest BCUT2D eigenvalue weighted by Gasteiger charge is -2.09. The summed E-state index contributed by atoms with van der Waals surface area (Å²) >= 11 is 2.28. The topological polar surface area (TPSA) is 17.3 Å². The van der Waals surface area contributed by atoms with Gasteiger partial charge in [-0.1, -0.05) is 6.07 Å². The average Bonchev–Trinajstić information content (AvgIpc) is 2.81. The van der Waals surface area contributed by atoms with Gasteiger partial charge in [-0.15, -0.1) is 0 Å². The maximum atomic E-state index is 13.1. The van der Waals surface area contributed by atoms with Crippen LogP contribution in [-0.4, -0.2) is 10.8 Å². The van der Waals surface area contributed by atoms with Gasteiger partial charge >= 0.3 is 0 Å². The summed E-state index contributed by atoms with van der Waals surface area (Å²) in [5, 5.41) is 0. The van der Waals surface area contributed by atoms with Crippen molar-refractivity contribution in [1.82, 2.24) is 4.57 Å². The highest BCUT2D eigenvalue weighted by Crippen LogP contribution is 2.21. The molecule has 4 heteroatoms. The molecule has 0 aliphatic heterocycles. The Hall–Kier alpha value is -1.95. The number of nitrogens with zero attached hydrogens (tertiary/aromatic N) is 2. The zero-order chi connectivity index (χ0) is 16.4. The van der Waals surface area contributed by atoms with Crippen LogP contribution in [0.3, 0.4) is 0 Å². The van der Waals surface area contributed by atoms with E-state index in [0.29, 0.717) is 0 Å². The minimum absolute atomic E-state index is 0.225. The van der Waals surface area contributed by atoms with Crippen LogP contribution >= 0.6 is 22.6 Å². The van der Waals surface area contributed by atoms with Crippen LogP contribution in [0, 0.1) is 23.2 Å². The molecule has 2 nitrogen and oxygen atoms in total. The molecule has 3 rings (SSSR count). The molecule has 23 heavy (non-hydrogen) atoms. The Morgan fingerprint density at radius 3 is 2.48 bits per heavy atom. The Morgan fingerprint density at radius 2 is 1.78 bits per heavy atom. The number of hydrogen-bond acceptors (Lipinski definition) is 1. The highest BCUT2D eigenvalue weighted by Gasteiger charge is 2.09. The van der Waals surface area contributed by atoms with E-state index in [9.17, 15) is 4.39 Å². The molecule has 0 atom stereocenters. The molecule has 0 amide bonds. The predicted octanol–water partition coefficient (Wildman–Crippen LogP) is 5.59. The monoisotopic (exact) mass is 418 g/mol. The third kappa shape index (κ3) is 3.52. The molecule has 116 valence electrons. The normalized spacial score (nSPS) is 11.3. The van der Waals surface area contributed by atoms with E-state index in [-0.39, 0.29) is 5.82 Å². The molecule has 0 radical (unpaired) electrons. The van der Waals surface area contributed by atoms with E-state index < -0.39 is 0 Å². The van der Waals surface area contributed by atoms with Crippen LogP contribution in [0.4, 0.5) is 10.1 Å². The summed E-state index contributed by atoms with van der Waals surface area (Å²) in [4.78, 5) is 4.56. The first-order valence-corrected chi connectivity index (χ1v) is 8.37. The molecule has 0 aliphatic carbocycles. The number of aromatic nitrogens is 1. The van der Waals surface area contributed by atoms with Crippen molar-refractivity contribution in [2.45, 2.75) is 13.8 Å². The first-order valence-electron chi connectivity index (χ1n) is 7.29. The maximum Gasteiger partial charge on any atom is 0.123 e. The van der Waals surface area contributed by atoms with Crippen molar-refractivity contribution < 1.29 is 4.39 Å². The molecule has 2 aromatic carbocycles. The van der Waals surface area contributed by atoms with Crippen molar-refractivity contribution in [2.75, 3.05) is 0 Å². The minimum Gasteiger partial charge on any atom is -0.318 e. The van der Waals surface area contributed by atoms with Crippen LogP contribution in [-0.2, 0) is 0 Å². The molecule has 3 aromatic rings. The minimum atomic E-state index is -0.225. The lowest BCUT2D eigenvalue weighted by Crippen LogP contribution is -1.99. The highest BCUT2D eigenvalue weighted by molar-refractivity contribution is 14.1. The van der Waals surface area contributed by atoms with Crippen LogP contribution in [0.2, 0.25) is 0 Å². The first kappa shape index (κ1) is 15.9. The average molecular weight is 418 g/mol. The number of halogens is 2. The van der Waals surface area contributed by atoms with Crippen molar-refractivity contribution in [3.63, 3.8) is 0 Å². The van der Waals surface area contributed by atoms with Crippen molar-refractivity contribution in [1.29, 1.82) is 0 Å². The molecule has 0 fully saturated rings. The molecular formula is C19H16FIN2. The summed E-state index contributed by atoms with van der Waals surface area (Å²) in [6.45, 7) is 4.09. The summed E-state index contributed by atoms with van der Waals surface area (Å²) in [6, 6.07) is 16.7. The largest absolute Gasteiger partial charge is 0.318 e. The molecule has 1 heterocycles. The fourth-order valence-corrected chi connectivity index (χ4v) is 3.13. The Morgan fingerprint density at radius 1 is 1.04 bits per heavy atom. The molecule has 0 N–H and O–H groups in total. The summed E-state index contributed by atoms with van der Waals surface area (Å²) in [5.74, 6) is -0.225. The van der Waals surface area contributed by atoms with Gasteiger partial charge in [-0.05, 0) is 85.0 Å². The summed E-state index contributed by atoms with van der Waals surface area (Å²) in [7, 11) is 0. The van der Waals surface area contributed by atoms with E-state index >= 15 is 0 Å². The van der Waals surface area contributed by atoms with E-state index in [1.807, 2.05) is 44.3 Å². The predicted molar refractivity (Wildman–Crippen MR) is 102 cm³/mol. The Balaban J connectivity index is 1.96. The molecule has 0 bridgehead atoms. The maximum absolute atomic E-state index is 13.1. The Labute approximate surface area is 148 Å². The standard InChI is InChI=1S/C19H16FIN2/c1-13-10-15(12-22-18-5-3-4-17(21)11-18)14(2)23(13)19-8-6-16(20)7-9-19/h3-12H,1-2H3. The van der Waals surface area contributed by atoms with E-state index in [1.165, 1.54) is 12.1 Å². The van der Waals surface area contributed by atoms with Gasteiger partial charge in [0, 0.05) is 32.4 Å². The van der Waals surface area contributed by atoms with E-state index in [2.05, 4.69) is 38.2 Å². The SMILES string of the molecule is Cc1cc(C=Nc2cccc(I)c2)c(C)n1-c1ccc(F)cc1. The number of rotatable bonds is 3. The van der Waals surface area contributed by atoms with Gasteiger partial charge in [0.1, 0.15) is 5.82 Å². The van der Waals surface area contributed by atoms with E-state index in [1.54, 1.807) is 12.1 Å². The first-order chi connectivity index (χ1) is 11.0. The molecule has 0 saturated heterocycles. The van der Waals surface area contributed by atoms with Crippen LogP contribution < -0.4 is 0 Å². The van der Waals surface area contributed by atoms with Gasteiger partial charge in [-0.25, -0.2) is 4.39 Å². The zero-order valence-electron chi connectivity index (χ0n) is 12.9. The molecule has 0 aliphatic rings. The van der Waals surface area contributed by atoms with Gasteiger partial charge in [0.2, 0.25) is 0 Å². The van der Waals surface area contributed by atoms with Crippen molar-refractivity contribution in [3.05, 3.63) is 80.9 Å². The molecule has 0 spiro atoms. The van der Waals surface area contributed by atoms with Crippen LogP contribution in [0.5, 0.6) is 0 Å². The number of hydrogen-bond donors (Lipinski definition) is 0. The number of aliphatic imine (C=N–C) groups is 1. The molecule has 1 aromatic heterocycles. The van der Waals surface area contributed by atoms with E-state index in [0.717, 1.165) is 31.9 Å². The number of aryl methyl sites for hydroxylation is 1. The Bertz CT molecular complexity index is 864. The molecule has 0 saturated carbocycles. The fraction of sp³-hybridized carbons (Fsp3) is 0.105. The third-order valence-electron chi connectivity index (χ3n) is 3.72. The third-order valence-corrected chi connectivity index (χ3v) is 4.39. The van der Waals surface area contributed by atoms with Crippen LogP contribution in [0.25, 0.3) is 5.69 Å².